The molecule has 1 rings (SSSR count). The van der Waals surface area contributed by atoms with Crippen LogP contribution in [0.1, 0.15) is 38.5 Å². The van der Waals surface area contributed by atoms with E-state index in [0.717, 1.165) is 6.42 Å². The van der Waals surface area contributed by atoms with E-state index >= 15 is 0 Å². The maximum atomic E-state index is 12.8. The molecule has 0 saturated heterocycles. The van der Waals surface area contributed by atoms with E-state index in [1.807, 2.05) is 0 Å². The van der Waals surface area contributed by atoms with Gasteiger partial charge in [-0.05, 0) is 12.8 Å². The van der Waals surface area contributed by atoms with E-state index in [4.69, 9.17) is 0 Å². The topological polar surface area (TPSA) is 26.3 Å². The molecule has 2 nitrogen and oxygen atoms in total. The molecule has 0 radical (unpaired) electrons. The lowest BCUT2D eigenvalue weighted by molar-refractivity contribution is -0.282. The largest absolute Gasteiger partial charge is 0.408 e. The second kappa shape index (κ2) is 5.18. The fourth-order valence-electron chi connectivity index (χ4n) is 1.84. The summed E-state index contributed by atoms with van der Waals surface area (Å²) in [5, 5.41) is 0. The lowest BCUT2D eigenvalue weighted by Crippen LogP contribution is -2.34. The fraction of sp³-hybridized carbons (Fsp3) is 0.900. The lowest BCUT2D eigenvalue weighted by Gasteiger charge is -2.24. The monoisotopic (exact) mass is 260 g/mol. The number of rotatable bonds is 3. The van der Waals surface area contributed by atoms with Gasteiger partial charge in [0, 0.05) is 0 Å². The summed E-state index contributed by atoms with van der Waals surface area (Å²) in [7, 11) is 0. The summed E-state index contributed by atoms with van der Waals surface area (Å²) < 4.78 is 64.5. The van der Waals surface area contributed by atoms with Gasteiger partial charge in [0.05, 0.1) is 5.92 Å². The molecule has 0 aromatic carbocycles. The van der Waals surface area contributed by atoms with Crippen LogP contribution in [0.15, 0.2) is 0 Å². The van der Waals surface area contributed by atoms with Crippen LogP contribution in [0.3, 0.4) is 0 Å². The number of carbonyl (C=O) groups is 1. The molecule has 0 N–H and O–H groups in total. The number of ether oxygens (including phenoxy) is 1. The van der Waals surface area contributed by atoms with Crippen LogP contribution >= 0.6 is 0 Å². The number of carbonyl (C=O) groups excluding carboxylic acids is 1. The standard InChI is InChI=1S/C10H13F5O2/c11-9(12,13)6-10(14,15)17-8(16)7-4-2-1-3-5-7/h7H,1-6H2. The first-order valence-corrected chi connectivity index (χ1v) is 5.37. The van der Waals surface area contributed by atoms with E-state index in [0.29, 0.717) is 25.7 Å². The van der Waals surface area contributed by atoms with E-state index in [-0.39, 0.29) is 0 Å². The second-order valence-electron chi connectivity index (χ2n) is 4.19. The molecule has 1 fully saturated rings. The molecule has 1 aliphatic rings. The third-order valence-corrected chi connectivity index (χ3v) is 2.59. The number of alkyl halides is 5. The van der Waals surface area contributed by atoms with Crippen molar-refractivity contribution in [1.29, 1.82) is 0 Å². The van der Waals surface area contributed by atoms with Crippen LogP contribution in [-0.4, -0.2) is 18.3 Å². The number of halogens is 5. The predicted octanol–water partition coefficient (Wildman–Crippen LogP) is 3.66. The normalized spacial score (nSPS) is 19.1. The highest BCUT2D eigenvalue weighted by atomic mass is 19.4. The van der Waals surface area contributed by atoms with Gasteiger partial charge < -0.3 is 4.74 Å². The van der Waals surface area contributed by atoms with Gasteiger partial charge in [-0.1, -0.05) is 19.3 Å². The fourth-order valence-corrected chi connectivity index (χ4v) is 1.84. The van der Waals surface area contributed by atoms with Gasteiger partial charge in [0.1, 0.15) is 6.42 Å². The molecule has 0 amide bonds. The summed E-state index contributed by atoms with van der Waals surface area (Å²) in [6.45, 7) is 0. The molecule has 1 saturated carbocycles. The molecule has 7 heteroatoms. The van der Waals surface area contributed by atoms with Gasteiger partial charge in [-0.3, -0.25) is 4.79 Å². The molecular formula is C10H13F5O2. The first-order valence-electron chi connectivity index (χ1n) is 5.37. The van der Waals surface area contributed by atoms with E-state index in [2.05, 4.69) is 4.74 Å². The van der Waals surface area contributed by atoms with Gasteiger partial charge in [0.2, 0.25) is 0 Å². The van der Waals surface area contributed by atoms with Crippen molar-refractivity contribution in [2.45, 2.75) is 50.8 Å². The molecule has 0 unspecified atom stereocenters. The van der Waals surface area contributed by atoms with E-state index in [9.17, 15) is 26.7 Å². The Balaban J connectivity index is 2.48. The molecule has 0 aromatic heterocycles. The van der Waals surface area contributed by atoms with Gasteiger partial charge in [-0.25, -0.2) is 0 Å². The highest BCUT2D eigenvalue weighted by Crippen LogP contribution is 2.34. The van der Waals surface area contributed by atoms with Crippen LogP contribution in [0.4, 0.5) is 22.0 Å². The Morgan fingerprint density at radius 3 is 2.06 bits per heavy atom. The third-order valence-electron chi connectivity index (χ3n) is 2.59. The maximum absolute atomic E-state index is 12.8. The summed E-state index contributed by atoms with van der Waals surface area (Å²) >= 11 is 0. The number of esters is 1. The van der Waals surface area contributed by atoms with Crippen LogP contribution in [-0.2, 0) is 9.53 Å². The first kappa shape index (κ1) is 14.2. The highest BCUT2D eigenvalue weighted by Gasteiger charge is 2.47. The molecule has 0 aromatic rings. The van der Waals surface area contributed by atoms with Crippen molar-refractivity contribution in [2.75, 3.05) is 0 Å². The smallest absolute Gasteiger partial charge is 0.400 e. The van der Waals surface area contributed by atoms with Gasteiger partial charge >= 0.3 is 18.3 Å². The van der Waals surface area contributed by atoms with Gasteiger partial charge in [0.15, 0.2) is 0 Å². The Hall–Kier alpha value is -0.880. The average molecular weight is 260 g/mol. The molecule has 17 heavy (non-hydrogen) atoms. The van der Waals surface area contributed by atoms with E-state index in [1.54, 1.807) is 0 Å². The zero-order chi connectivity index (χ0) is 13.1. The number of hydrogen-bond donors (Lipinski definition) is 0. The zero-order valence-electron chi connectivity index (χ0n) is 9.03. The predicted molar refractivity (Wildman–Crippen MR) is 48.3 cm³/mol. The molecule has 0 heterocycles. The minimum Gasteiger partial charge on any atom is -0.400 e. The Morgan fingerprint density at radius 1 is 1.06 bits per heavy atom. The first-order chi connectivity index (χ1) is 7.70. The molecule has 0 atom stereocenters. The lowest BCUT2D eigenvalue weighted by atomic mass is 9.89. The summed E-state index contributed by atoms with van der Waals surface area (Å²) in [5.74, 6) is -1.91. The SMILES string of the molecule is O=C(OC(F)(F)CC(F)(F)F)C1CCCCC1. The van der Waals surface area contributed by atoms with Crippen LogP contribution < -0.4 is 0 Å². The molecule has 100 valence electrons. The summed E-state index contributed by atoms with van der Waals surface area (Å²) in [5.41, 5.74) is 0. The van der Waals surface area contributed by atoms with Crippen molar-refractivity contribution in [3.63, 3.8) is 0 Å². The van der Waals surface area contributed by atoms with Crippen molar-refractivity contribution in [3.8, 4) is 0 Å². The Labute approximate surface area is 95.1 Å². The van der Waals surface area contributed by atoms with E-state index < -0.39 is 30.6 Å². The Morgan fingerprint density at radius 2 is 1.59 bits per heavy atom. The highest BCUT2D eigenvalue weighted by molar-refractivity contribution is 5.72. The Bertz CT molecular complexity index is 268. The van der Waals surface area contributed by atoms with Crippen molar-refractivity contribution in [3.05, 3.63) is 0 Å². The van der Waals surface area contributed by atoms with Crippen molar-refractivity contribution in [2.24, 2.45) is 5.92 Å². The average Bonchev–Trinajstić information content (AvgIpc) is 2.14. The third kappa shape index (κ3) is 5.32. The van der Waals surface area contributed by atoms with Crippen LogP contribution in [0, 0.1) is 5.92 Å². The Kier molecular flexibility index (Phi) is 4.32. The van der Waals surface area contributed by atoms with E-state index in [1.165, 1.54) is 0 Å². The molecule has 1 aliphatic carbocycles. The van der Waals surface area contributed by atoms with Gasteiger partial charge in [-0.15, -0.1) is 0 Å². The van der Waals surface area contributed by atoms with Crippen LogP contribution in [0.25, 0.3) is 0 Å². The molecule has 0 aliphatic heterocycles. The minimum absolute atomic E-state index is 0.404. The summed E-state index contributed by atoms with van der Waals surface area (Å²) in [4.78, 5) is 11.2. The van der Waals surface area contributed by atoms with Crippen LogP contribution in [0.5, 0.6) is 0 Å². The van der Waals surface area contributed by atoms with Gasteiger partial charge in [-0.2, -0.15) is 22.0 Å². The van der Waals surface area contributed by atoms with Crippen LogP contribution in [0.2, 0.25) is 0 Å². The number of hydrogen-bond acceptors (Lipinski definition) is 2. The minimum atomic E-state index is -5.06. The zero-order valence-corrected chi connectivity index (χ0v) is 9.03. The quantitative estimate of drug-likeness (QED) is 0.572. The molecule has 0 bridgehead atoms. The van der Waals surface area contributed by atoms with Crippen molar-refractivity contribution >= 4 is 5.97 Å². The molecular weight excluding hydrogens is 247 g/mol. The van der Waals surface area contributed by atoms with Crippen molar-refractivity contribution in [1.82, 2.24) is 0 Å². The summed E-state index contributed by atoms with van der Waals surface area (Å²) in [6, 6.07) is 0. The summed E-state index contributed by atoms with van der Waals surface area (Å²) in [6.07, 6.45) is -8.82. The second-order valence-corrected chi connectivity index (χ2v) is 4.19. The maximum Gasteiger partial charge on any atom is 0.408 e. The molecule has 0 spiro atoms. The van der Waals surface area contributed by atoms with Crippen molar-refractivity contribution < 1.29 is 31.5 Å². The van der Waals surface area contributed by atoms with Gasteiger partial charge in [0.25, 0.3) is 0 Å².